The predicted molar refractivity (Wildman–Crippen MR) is 135 cm³/mol. The minimum atomic E-state index is -1.82. The van der Waals surface area contributed by atoms with Crippen LogP contribution in [-0.2, 0) is 25.5 Å². The Hall–Kier alpha value is -2.69. The van der Waals surface area contributed by atoms with Gasteiger partial charge in [-0.3, -0.25) is 4.79 Å². The SMILES string of the molecule is COc1ccc2c(c1)C(C1CCCCC1)N(C(=O)CNCCO[C@H]1CCC[C@H]1O)CC2.O=C(O)C(=O)O. The van der Waals surface area contributed by atoms with Gasteiger partial charge in [0.15, 0.2) is 0 Å². The summed E-state index contributed by atoms with van der Waals surface area (Å²) < 4.78 is 11.3. The zero-order chi connectivity index (χ0) is 26.8. The quantitative estimate of drug-likeness (QED) is 0.300. The van der Waals surface area contributed by atoms with E-state index in [2.05, 4.69) is 22.3 Å². The van der Waals surface area contributed by atoms with Gasteiger partial charge in [-0.25, -0.2) is 9.59 Å². The molecule has 0 aromatic heterocycles. The first-order valence-corrected chi connectivity index (χ1v) is 13.2. The molecule has 10 nitrogen and oxygen atoms in total. The van der Waals surface area contributed by atoms with E-state index in [0.29, 0.717) is 25.6 Å². The molecule has 3 aliphatic rings. The molecular formula is C27H40N2O8. The highest BCUT2D eigenvalue weighted by molar-refractivity contribution is 6.27. The van der Waals surface area contributed by atoms with Gasteiger partial charge < -0.3 is 35.0 Å². The summed E-state index contributed by atoms with van der Waals surface area (Å²) >= 11 is 0. The first-order valence-electron chi connectivity index (χ1n) is 13.2. The van der Waals surface area contributed by atoms with Crippen molar-refractivity contribution >= 4 is 17.8 Å². The summed E-state index contributed by atoms with van der Waals surface area (Å²) in [6, 6.07) is 6.52. The lowest BCUT2D eigenvalue weighted by Gasteiger charge is -2.43. The monoisotopic (exact) mass is 520 g/mol. The van der Waals surface area contributed by atoms with Crippen LogP contribution in [0.1, 0.15) is 68.5 Å². The number of amides is 1. The fraction of sp³-hybridized carbons (Fsp3) is 0.667. The van der Waals surface area contributed by atoms with Gasteiger partial charge in [-0.15, -0.1) is 0 Å². The lowest BCUT2D eigenvalue weighted by atomic mass is 9.77. The molecule has 2 saturated carbocycles. The van der Waals surface area contributed by atoms with Crippen LogP contribution in [-0.4, -0.2) is 83.6 Å². The molecule has 2 aliphatic carbocycles. The second-order valence-electron chi connectivity index (χ2n) is 9.94. The van der Waals surface area contributed by atoms with Crippen LogP contribution in [0.4, 0.5) is 0 Å². The Balaban J connectivity index is 0.000000568. The van der Waals surface area contributed by atoms with Crippen molar-refractivity contribution in [1.82, 2.24) is 10.2 Å². The summed E-state index contributed by atoms with van der Waals surface area (Å²) in [5.74, 6) is -2.08. The molecule has 1 amide bonds. The van der Waals surface area contributed by atoms with Crippen molar-refractivity contribution in [1.29, 1.82) is 0 Å². The molecule has 206 valence electrons. The summed E-state index contributed by atoms with van der Waals surface area (Å²) in [6.07, 6.45) is 9.52. The lowest BCUT2D eigenvalue weighted by Crippen LogP contribution is -2.47. The molecule has 1 aliphatic heterocycles. The Morgan fingerprint density at radius 3 is 2.38 bits per heavy atom. The summed E-state index contributed by atoms with van der Waals surface area (Å²) in [6.45, 7) is 2.27. The van der Waals surface area contributed by atoms with Crippen LogP contribution in [0.5, 0.6) is 5.75 Å². The second kappa shape index (κ2) is 14.3. The van der Waals surface area contributed by atoms with Crippen LogP contribution in [0, 0.1) is 5.92 Å². The average molecular weight is 521 g/mol. The Bertz CT molecular complexity index is 906. The molecule has 4 rings (SSSR count). The van der Waals surface area contributed by atoms with Gasteiger partial charge in [-0.05, 0) is 67.7 Å². The van der Waals surface area contributed by atoms with Crippen LogP contribution in [0.3, 0.4) is 0 Å². The number of nitrogens with zero attached hydrogens (tertiary/aromatic N) is 1. The lowest BCUT2D eigenvalue weighted by molar-refractivity contribution is -0.159. The van der Waals surface area contributed by atoms with Gasteiger partial charge in [-0.2, -0.15) is 0 Å². The van der Waals surface area contributed by atoms with Crippen LogP contribution in [0.2, 0.25) is 0 Å². The fourth-order valence-electron chi connectivity index (χ4n) is 5.67. The maximum atomic E-state index is 13.2. The third-order valence-electron chi connectivity index (χ3n) is 7.53. The maximum absolute atomic E-state index is 13.2. The highest BCUT2D eigenvalue weighted by Gasteiger charge is 2.37. The third-order valence-corrected chi connectivity index (χ3v) is 7.53. The van der Waals surface area contributed by atoms with Crippen LogP contribution < -0.4 is 10.1 Å². The van der Waals surface area contributed by atoms with Gasteiger partial charge in [0.05, 0.1) is 38.5 Å². The number of fused-ring (bicyclic) bond motifs is 1. The van der Waals surface area contributed by atoms with E-state index in [1.807, 2.05) is 6.07 Å². The normalized spacial score (nSPS) is 23.5. The van der Waals surface area contributed by atoms with E-state index in [-0.39, 0.29) is 24.2 Å². The summed E-state index contributed by atoms with van der Waals surface area (Å²) in [4.78, 5) is 33.6. The number of carbonyl (C=O) groups is 3. The van der Waals surface area contributed by atoms with E-state index in [0.717, 1.165) is 38.0 Å². The number of aliphatic carboxylic acids is 2. The van der Waals surface area contributed by atoms with Crippen molar-refractivity contribution in [2.75, 3.05) is 33.4 Å². The van der Waals surface area contributed by atoms with Crippen LogP contribution in [0.15, 0.2) is 18.2 Å². The average Bonchev–Trinajstić information content (AvgIpc) is 3.32. The molecule has 37 heavy (non-hydrogen) atoms. The number of rotatable bonds is 8. The predicted octanol–water partition coefficient (Wildman–Crippen LogP) is 2.38. The molecule has 0 bridgehead atoms. The number of hydrogen-bond donors (Lipinski definition) is 4. The Kier molecular flexibility index (Phi) is 11.2. The molecule has 0 saturated heterocycles. The van der Waals surface area contributed by atoms with E-state index in [1.165, 1.54) is 43.2 Å². The van der Waals surface area contributed by atoms with E-state index < -0.39 is 11.9 Å². The minimum absolute atomic E-state index is 0.0400. The number of ether oxygens (including phenoxy) is 2. The van der Waals surface area contributed by atoms with E-state index >= 15 is 0 Å². The van der Waals surface area contributed by atoms with E-state index in [9.17, 15) is 9.90 Å². The standard InChI is InChI=1S/C25H38N2O4.C2H2O4/c1-30-20-11-10-18-12-14-27(25(21(18)16-20)19-6-3-2-4-7-19)24(29)17-26-13-15-31-23-9-5-8-22(23)28;3-1(4)2(5)6/h10-11,16,19,22-23,25-26,28H,2-9,12-15,17H2,1H3;(H,3,4)(H,5,6)/t22-,23+,25?;/m1./s1. The van der Waals surface area contributed by atoms with Gasteiger partial charge >= 0.3 is 11.9 Å². The fourth-order valence-corrected chi connectivity index (χ4v) is 5.67. The Morgan fingerprint density at radius 1 is 1.03 bits per heavy atom. The molecular weight excluding hydrogens is 480 g/mol. The van der Waals surface area contributed by atoms with Gasteiger partial charge in [0.2, 0.25) is 5.91 Å². The number of benzene rings is 1. The Morgan fingerprint density at radius 2 is 1.76 bits per heavy atom. The highest BCUT2D eigenvalue weighted by atomic mass is 16.5. The van der Waals surface area contributed by atoms with E-state index in [1.54, 1.807) is 7.11 Å². The van der Waals surface area contributed by atoms with Crippen molar-refractivity contribution in [3.8, 4) is 5.75 Å². The van der Waals surface area contributed by atoms with E-state index in [4.69, 9.17) is 29.3 Å². The molecule has 2 fully saturated rings. The molecule has 3 atom stereocenters. The van der Waals surface area contributed by atoms with Crippen molar-refractivity contribution in [2.45, 2.75) is 76.0 Å². The van der Waals surface area contributed by atoms with Gasteiger partial charge in [0.25, 0.3) is 0 Å². The zero-order valence-corrected chi connectivity index (χ0v) is 21.6. The largest absolute Gasteiger partial charge is 0.497 e. The molecule has 0 radical (unpaired) electrons. The third kappa shape index (κ3) is 8.15. The van der Waals surface area contributed by atoms with Gasteiger partial charge in [0, 0.05) is 13.1 Å². The summed E-state index contributed by atoms with van der Waals surface area (Å²) in [5.41, 5.74) is 2.64. The number of carbonyl (C=O) groups excluding carboxylic acids is 1. The number of carboxylic acids is 2. The van der Waals surface area contributed by atoms with Crippen molar-refractivity contribution < 1.29 is 39.2 Å². The summed E-state index contributed by atoms with van der Waals surface area (Å²) in [5, 5.41) is 27.9. The number of hydrogen-bond acceptors (Lipinski definition) is 7. The first-order chi connectivity index (χ1) is 17.8. The minimum Gasteiger partial charge on any atom is -0.497 e. The molecule has 10 heteroatoms. The van der Waals surface area contributed by atoms with Crippen molar-refractivity contribution in [3.63, 3.8) is 0 Å². The highest BCUT2D eigenvalue weighted by Crippen LogP contribution is 2.43. The number of aliphatic hydroxyl groups is 1. The topological polar surface area (TPSA) is 146 Å². The smallest absolute Gasteiger partial charge is 0.414 e. The first kappa shape index (κ1) is 28.9. The molecule has 1 heterocycles. The van der Waals surface area contributed by atoms with Gasteiger partial charge in [-0.1, -0.05) is 25.3 Å². The molecule has 1 aromatic carbocycles. The number of aliphatic hydroxyl groups excluding tert-OH is 1. The molecule has 0 spiro atoms. The number of carboxylic acid groups (broad SMARTS) is 2. The molecule has 1 unspecified atom stereocenters. The summed E-state index contributed by atoms with van der Waals surface area (Å²) in [7, 11) is 1.71. The van der Waals surface area contributed by atoms with Crippen LogP contribution in [0.25, 0.3) is 0 Å². The second-order valence-corrected chi connectivity index (χ2v) is 9.94. The zero-order valence-electron chi connectivity index (χ0n) is 21.6. The number of methoxy groups -OCH3 is 1. The Labute approximate surface area is 217 Å². The maximum Gasteiger partial charge on any atom is 0.414 e. The molecule has 1 aromatic rings. The molecule has 4 N–H and O–H groups in total. The number of nitrogens with one attached hydrogen (secondary N) is 1. The van der Waals surface area contributed by atoms with Crippen LogP contribution >= 0.6 is 0 Å². The van der Waals surface area contributed by atoms with Crippen molar-refractivity contribution in [3.05, 3.63) is 29.3 Å². The van der Waals surface area contributed by atoms with Crippen molar-refractivity contribution in [2.24, 2.45) is 5.92 Å². The van der Waals surface area contributed by atoms with Gasteiger partial charge in [0.1, 0.15) is 5.75 Å².